The molecule has 1 aliphatic carbocycles. The quantitative estimate of drug-likeness (QED) is 0.827. The van der Waals surface area contributed by atoms with E-state index in [1.165, 1.54) is 11.8 Å². The number of nitrogens with one attached hydrogen (secondary N) is 1. The molecule has 0 saturated carbocycles. The van der Waals surface area contributed by atoms with E-state index in [0.29, 0.717) is 29.0 Å². The maximum absolute atomic E-state index is 12.8. The number of nitrogens with zero attached hydrogens (tertiary/aromatic N) is 3. The summed E-state index contributed by atoms with van der Waals surface area (Å²) < 4.78 is 12.9. The van der Waals surface area contributed by atoms with E-state index in [9.17, 15) is 4.79 Å². The Morgan fingerprint density at radius 2 is 2.12 bits per heavy atom. The molecule has 7 nitrogen and oxygen atoms in total. The maximum atomic E-state index is 12.8. The van der Waals surface area contributed by atoms with Crippen LogP contribution >= 0.6 is 11.8 Å². The number of para-hydroxylation sites is 1. The van der Waals surface area contributed by atoms with Gasteiger partial charge in [-0.15, -0.1) is 5.10 Å². The molecule has 0 amide bonds. The van der Waals surface area contributed by atoms with Crippen LogP contribution in [0.2, 0.25) is 0 Å². The average molecular weight is 372 g/mol. The fourth-order valence-electron chi connectivity index (χ4n) is 3.64. The third-order valence-corrected chi connectivity index (χ3v) is 5.30. The number of allylic oxidation sites excluding steroid dienone is 2. The van der Waals surface area contributed by atoms with Gasteiger partial charge in [-0.25, -0.2) is 4.68 Å². The minimum atomic E-state index is -0.382. The Morgan fingerprint density at radius 3 is 2.85 bits per heavy atom. The van der Waals surface area contributed by atoms with Crippen LogP contribution in [-0.2, 0) is 4.79 Å². The van der Waals surface area contributed by atoms with Crippen molar-refractivity contribution in [3.8, 4) is 11.5 Å². The molecule has 0 saturated heterocycles. The minimum Gasteiger partial charge on any atom is -0.493 e. The molecule has 0 unspecified atom stereocenters. The van der Waals surface area contributed by atoms with Gasteiger partial charge in [-0.05, 0) is 25.2 Å². The Hall–Kier alpha value is -2.48. The predicted octanol–water partition coefficient (Wildman–Crippen LogP) is 3.04. The van der Waals surface area contributed by atoms with Crippen molar-refractivity contribution >= 4 is 23.5 Å². The zero-order valence-corrected chi connectivity index (χ0v) is 15.7. The summed E-state index contributed by atoms with van der Waals surface area (Å²) in [6, 6.07) is 5.32. The summed E-state index contributed by atoms with van der Waals surface area (Å²) >= 11 is 1.47. The van der Waals surface area contributed by atoms with Gasteiger partial charge in [0.2, 0.25) is 11.1 Å². The fourth-order valence-corrected chi connectivity index (χ4v) is 3.99. The molecule has 1 atom stereocenters. The van der Waals surface area contributed by atoms with Crippen molar-refractivity contribution in [2.75, 3.05) is 25.8 Å². The van der Waals surface area contributed by atoms with Crippen LogP contribution in [0.1, 0.15) is 30.9 Å². The summed E-state index contributed by atoms with van der Waals surface area (Å²) in [5.41, 5.74) is 2.52. The highest BCUT2D eigenvalue weighted by Gasteiger charge is 2.38. The van der Waals surface area contributed by atoms with Crippen molar-refractivity contribution in [3.05, 3.63) is 35.0 Å². The summed E-state index contributed by atoms with van der Waals surface area (Å²) in [7, 11) is 3.21. The second-order valence-corrected chi connectivity index (χ2v) is 6.92. The van der Waals surface area contributed by atoms with Gasteiger partial charge in [0.25, 0.3) is 0 Å². The summed E-state index contributed by atoms with van der Waals surface area (Å²) in [5.74, 6) is 2.03. The van der Waals surface area contributed by atoms with Gasteiger partial charge in [-0.1, -0.05) is 23.9 Å². The van der Waals surface area contributed by atoms with Crippen molar-refractivity contribution in [1.82, 2.24) is 14.8 Å². The molecule has 2 aliphatic rings. The van der Waals surface area contributed by atoms with E-state index < -0.39 is 0 Å². The highest BCUT2D eigenvalue weighted by Crippen LogP contribution is 2.45. The second-order valence-electron chi connectivity index (χ2n) is 6.15. The van der Waals surface area contributed by atoms with Crippen LogP contribution in [0, 0.1) is 0 Å². The van der Waals surface area contributed by atoms with E-state index in [-0.39, 0.29) is 11.8 Å². The molecule has 2 aromatic rings. The Kier molecular flexibility index (Phi) is 4.36. The zero-order valence-electron chi connectivity index (χ0n) is 14.9. The lowest BCUT2D eigenvalue weighted by atomic mass is 9.85. The van der Waals surface area contributed by atoms with Gasteiger partial charge in [0.05, 0.1) is 14.2 Å². The van der Waals surface area contributed by atoms with Crippen LogP contribution in [-0.4, -0.2) is 41.0 Å². The number of ketones is 1. The third-order valence-electron chi connectivity index (χ3n) is 4.76. The Labute approximate surface area is 155 Å². The number of methoxy groups -OCH3 is 2. The molecular formula is C18H20N4O3S. The van der Waals surface area contributed by atoms with Crippen molar-refractivity contribution in [3.63, 3.8) is 0 Å². The van der Waals surface area contributed by atoms with Crippen LogP contribution in [0.3, 0.4) is 0 Å². The standard InChI is InChI=1S/C18H20N4O3S/c1-24-13-9-4-6-10(16(13)25-2)15-14-11(7-5-8-12(14)23)19-17-20-18(26-3)21-22(15)17/h4,6,9,15H,5,7-8H2,1-3H3,(H,19,20,21)/t15-/m1/s1. The number of aromatic nitrogens is 3. The zero-order chi connectivity index (χ0) is 18.3. The second kappa shape index (κ2) is 6.68. The van der Waals surface area contributed by atoms with Crippen LogP contribution in [0.15, 0.2) is 34.6 Å². The molecule has 1 aliphatic heterocycles. The predicted molar refractivity (Wildman–Crippen MR) is 99.0 cm³/mol. The summed E-state index contributed by atoms with van der Waals surface area (Å²) in [4.78, 5) is 17.4. The van der Waals surface area contributed by atoms with Gasteiger partial charge >= 0.3 is 0 Å². The van der Waals surface area contributed by atoms with Gasteiger partial charge in [0, 0.05) is 23.3 Å². The first-order valence-electron chi connectivity index (χ1n) is 8.42. The number of ether oxygens (including phenoxy) is 2. The topological polar surface area (TPSA) is 78.3 Å². The molecule has 0 bridgehead atoms. The Morgan fingerprint density at radius 1 is 1.27 bits per heavy atom. The lowest BCUT2D eigenvalue weighted by Gasteiger charge is -2.32. The van der Waals surface area contributed by atoms with Crippen LogP contribution in [0.5, 0.6) is 11.5 Å². The van der Waals surface area contributed by atoms with Crippen molar-refractivity contribution < 1.29 is 14.3 Å². The highest BCUT2D eigenvalue weighted by atomic mass is 32.2. The largest absolute Gasteiger partial charge is 0.493 e. The SMILES string of the molecule is COc1cccc([C@@H]2C3=C(CCCC3=O)Nc3nc(SC)nn32)c1OC. The number of hydrogen-bond acceptors (Lipinski definition) is 7. The van der Waals surface area contributed by atoms with Gasteiger partial charge in [-0.2, -0.15) is 4.98 Å². The molecular weight excluding hydrogens is 352 g/mol. The van der Waals surface area contributed by atoms with Gasteiger partial charge in [0.1, 0.15) is 6.04 Å². The molecule has 8 heteroatoms. The number of carbonyl (C=O) groups excluding carboxylic acids is 1. The molecule has 0 fully saturated rings. The number of carbonyl (C=O) groups is 1. The van der Waals surface area contributed by atoms with E-state index in [1.54, 1.807) is 18.9 Å². The molecule has 1 aromatic carbocycles. The molecule has 136 valence electrons. The van der Waals surface area contributed by atoms with Crippen LogP contribution in [0.25, 0.3) is 0 Å². The number of hydrogen-bond donors (Lipinski definition) is 1. The molecule has 1 N–H and O–H groups in total. The van der Waals surface area contributed by atoms with Gasteiger partial charge in [0.15, 0.2) is 17.3 Å². The molecule has 26 heavy (non-hydrogen) atoms. The van der Waals surface area contributed by atoms with E-state index in [0.717, 1.165) is 29.7 Å². The smallest absolute Gasteiger partial charge is 0.227 e. The fraction of sp³-hybridized carbons (Fsp3) is 0.389. The first-order chi connectivity index (χ1) is 12.7. The summed E-state index contributed by atoms with van der Waals surface area (Å²) in [6.45, 7) is 0. The molecule has 0 radical (unpaired) electrons. The van der Waals surface area contributed by atoms with Gasteiger partial charge < -0.3 is 14.8 Å². The van der Waals surface area contributed by atoms with E-state index in [4.69, 9.17) is 9.47 Å². The summed E-state index contributed by atoms with van der Waals surface area (Å²) in [6.07, 6.45) is 4.14. The van der Waals surface area contributed by atoms with E-state index in [2.05, 4.69) is 15.4 Å². The number of Topliss-reactive ketones (excluding diaryl/α,β-unsaturated/α-hetero) is 1. The number of anilines is 1. The highest BCUT2D eigenvalue weighted by molar-refractivity contribution is 7.98. The summed E-state index contributed by atoms with van der Waals surface area (Å²) in [5, 5.41) is 8.58. The minimum absolute atomic E-state index is 0.139. The Bertz CT molecular complexity index is 906. The lowest BCUT2D eigenvalue weighted by Crippen LogP contribution is -2.31. The van der Waals surface area contributed by atoms with E-state index >= 15 is 0 Å². The molecule has 4 rings (SSSR count). The number of fused-ring (bicyclic) bond motifs is 1. The Balaban J connectivity index is 1.96. The maximum Gasteiger partial charge on any atom is 0.227 e. The van der Waals surface area contributed by atoms with Crippen molar-refractivity contribution in [2.45, 2.75) is 30.5 Å². The number of rotatable bonds is 4. The van der Waals surface area contributed by atoms with Crippen LogP contribution < -0.4 is 14.8 Å². The lowest BCUT2D eigenvalue weighted by molar-refractivity contribution is -0.116. The first kappa shape index (κ1) is 17.0. The average Bonchev–Trinajstić information content (AvgIpc) is 3.08. The number of thioether (sulfide) groups is 1. The van der Waals surface area contributed by atoms with E-state index in [1.807, 2.05) is 24.5 Å². The monoisotopic (exact) mass is 372 g/mol. The number of benzene rings is 1. The molecule has 0 spiro atoms. The molecule has 1 aromatic heterocycles. The first-order valence-corrected chi connectivity index (χ1v) is 9.65. The third kappa shape index (κ3) is 2.56. The van der Waals surface area contributed by atoms with Crippen LogP contribution in [0.4, 0.5) is 5.95 Å². The molecule has 2 heterocycles. The van der Waals surface area contributed by atoms with Crippen molar-refractivity contribution in [2.24, 2.45) is 0 Å². The normalized spacial score (nSPS) is 18.9. The van der Waals surface area contributed by atoms with Gasteiger partial charge in [-0.3, -0.25) is 4.79 Å². The van der Waals surface area contributed by atoms with Crippen molar-refractivity contribution in [1.29, 1.82) is 0 Å².